The summed E-state index contributed by atoms with van der Waals surface area (Å²) in [5.41, 5.74) is 1.88. The molecule has 16 heteroatoms. The monoisotopic (exact) mass is 608 g/mol. The van der Waals surface area contributed by atoms with Crippen molar-refractivity contribution >= 4 is 33.7 Å². The number of pyridine rings is 2. The lowest BCUT2D eigenvalue weighted by molar-refractivity contribution is -0.141. The summed E-state index contributed by atoms with van der Waals surface area (Å²) in [6.07, 6.45) is -7.18. The Morgan fingerprint density at radius 3 is 1.45 bits per heavy atom. The molecule has 0 saturated carbocycles. The number of anilines is 2. The van der Waals surface area contributed by atoms with Crippen molar-refractivity contribution in [1.82, 2.24) is 29.9 Å². The summed E-state index contributed by atoms with van der Waals surface area (Å²) in [6.45, 7) is 0. The second-order valence-electron chi connectivity index (χ2n) is 9.34. The lowest BCUT2D eigenvalue weighted by atomic mass is 9.97. The zero-order chi connectivity index (χ0) is 31.2. The molecule has 0 bridgehead atoms. The Hall–Kier alpha value is -5.48. The second kappa shape index (κ2) is 10.7. The number of hydrogen-bond acceptors (Lipinski definition) is 10. The molecule has 6 rings (SSSR count). The Morgan fingerprint density at radius 2 is 0.955 bits per heavy atom. The number of benzene rings is 2. The number of hydrazine groups is 2. The van der Waals surface area contributed by atoms with Crippen molar-refractivity contribution in [2.24, 2.45) is 11.7 Å². The highest BCUT2D eigenvalue weighted by Crippen LogP contribution is 2.40. The highest BCUT2D eigenvalue weighted by molar-refractivity contribution is 5.89. The third-order valence-corrected chi connectivity index (χ3v) is 6.58. The fraction of sp³-hybridized carbons (Fsp3) is 0.0714. The molecule has 44 heavy (non-hydrogen) atoms. The van der Waals surface area contributed by atoms with Gasteiger partial charge in [-0.2, -0.15) is 26.3 Å². The van der Waals surface area contributed by atoms with Gasteiger partial charge in [0.05, 0.1) is 11.0 Å². The van der Waals surface area contributed by atoms with Gasteiger partial charge in [0.1, 0.15) is 22.4 Å². The maximum absolute atomic E-state index is 14.2. The smallest absolute Gasteiger partial charge is 0.307 e. The Balaban J connectivity index is 1.50. The van der Waals surface area contributed by atoms with Gasteiger partial charge in [-0.1, -0.05) is 36.4 Å². The average Bonchev–Trinajstić information content (AvgIpc) is 3.02. The molecule has 10 nitrogen and oxygen atoms in total. The van der Waals surface area contributed by atoms with Crippen LogP contribution in [-0.4, -0.2) is 29.9 Å². The molecule has 0 amide bonds. The van der Waals surface area contributed by atoms with Crippen molar-refractivity contribution in [1.29, 1.82) is 0 Å². The Labute approximate surface area is 243 Å². The number of hydrogen-bond donors (Lipinski definition) is 4. The fourth-order valence-electron chi connectivity index (χ4n) is 4.67. The quantitative estimate of drug-likeness (QED) is 0.105. The largest absolute Gasteiger partial charge is 0.435 e. The minimum absolute atomic E-state index is 0.0168. The molecule has 0 radical (unpaired) electrons. The van der Waals surface area contributed by atoms with Crippen LogP contribution in [0.15, 0.2) is 73.1 Å². The first kappa shape index (κ1) is 28.6. The van der Waals surface area contributed by atoms with E-state index in [0.29, 0.717) is 11.1 Å². The number of fused-ring (bicyclic) bond motifs is 2. The van der Waals surface area contributed by atoms with E-state index in [-0.39, 0.29) is 44.8 Å². The molecule has 6 aromatic rings. The molecule has 2 aromatic carbocycles. The van der Waals surface area contributed by atoms with Crippen molar-refractivity contribution in [3.05, 3.63) is 84.4 Å². The van der Waals surface area contributed by atoms with E-state index >= 15 is 0 Å². The summed E-state index contributed by atoms with van der Waals surface area (Å²) in [5, 5.41) is 0. The van der Waals surface area contributed by atoms with Gasteiger partial charge < -0.3 is 10.9 Å². The van der Waals surface area contributed by atoms with E-state index in [1.165, 1.54) is 60.9 Å². The van der Waals surface area contributed by atoms with Crippen LogP contribution in [-0.2, 0) is 12.4 Å². The van der Waals surface area contributed by atoms with Crippen LogP contribution in [0.5, 0.6) is 0 Å². The SMILES string of the molecule is NNc1nccc2nc(C(F)(F)F)c(-c3cccc(-c4cccc(-c5nc6ccnc(NN)c6nc5C(F)(F)F)c4)c3)nc12. The summed E-state index contributed by atoms with van der Waals surface area (Å²) in [7, 11) is 0. The van der Waals surface area contributed by atoms with Gasteiger partial charge in [0, 0.05) is 23.5 Å². The van der Waals surface area contributed by atoms with Gasteiger partial charge in [-0.3, -0.25) is 0 Å². The van der Waals surface area contributed by atoms with Crippen molar-refractivity contribution in [2.75, 3.05) is 10.9 Å². The van der Waals surface area contributed by atoms with Gasteiger partial charge in [-0.25, -0.2) is 41.6 Å². The van der Waals surface area contributed by atoms with Gasteiger partial charge in [0.2, 0.25) is 0 Å². The Kier molecular flexibility index (Phi) is 6.94. The summed E-state index contributed by atoms with van der Waals surface area (Å²) < 4.78 is 84.9. The number of halogens is 6. The van der Waals surface area contributed by atoms with Crippen LogP contribution in [0.2, 0.25) is 0 Å². The summed E-state index contributed by atoms with van der Waals surface area (Å²) in [6, 6.07) is 14.6. The molecule has 4 heterocycles. The normalized spacial score (nSPS) is 12.1. The minimum atomic E-state index is -4.89. The molecule has 0 aliphatic rings. The molecule has 6 N–H and O–H groups in total. The van der Waals surface area contributed by atoms with Crippen LogP contribution < -0.4 is 22.5 Å². The van der Waals surface area contributed by atoms with E-state index in [0.717, 1.165) is 0 Å². The van der Waals surface area contributed by atoms with Gasteiger partial charge in [-0.15, -0.1) is 0 Å². The second-order valence-corrected chi connectivity index (χ2v) is 9.34. The zero-order valence-corrected chi connectivity index (χ0v) is 22.0. The van der Waals surface area contributed by atoms with E-state index in [9.17, 15) is 26.3 Å². The molecule has 0 atom stereocenters. The van der Waals surface area contributed by atoms with Crippen LogP contribution in [0.25, 0.3) is 55.7 Å². The first-order valence-corrected chi connectivity index (χ1v) is 12.6. The zero-order valence-electron chi connectivity index (χ0n) is 22.0. The lowest BCUT2D eigenvalue weighted by Gasteiger charge is -2.15. The molecule has 0 unspecified atom stereocenters. The number of rotatable bonds is 5. The molecule has 0 spiro atoms. The number of nitrogens with one attached hydrogen (secondary N) is 2. The number of nitrogens with zero attached hydrogens (tertiary/aromatic N) is 6. The highest BCUT2D eigenvalue weighted by Gasteiger charge is 2.38. The molecular formula is C28H18F6N10. The Morgan fingerprint density at radius 1 is 0.523 bits per heavy atom. The van der Waals surface area contributed by atoms with Crippen LogP contribution >= 0.6 is 0 Å². The predicted octanol–water partition coefficient (Wildman–Crippen LogP) is 5.97. The van der Waals surface area contributed by atoms with E-state index in [4.69, 9.17) is 11.7 Å². The van der Waals surface area contributed by atoms with Crippen molar-refractivity contribution in [3.63, 3.8) is 0 Å². The maximum atomic E-state index is 14.2. The molecule has 0 aliphatic heterocycles. The van der Waals surface area contributed by atoms with Crippen molar-refractivity contribution < 1.29 is 26.3 Å². The average molecular weight is 609 g/mol. The van der Waals surface area contributed by atoms with E-state index < -0.39 is 35.1 Å². The maximum Gasteiger partial charge on any atom is 0.435 e. The summed E-state index contributed by atoms with van der Waals surface area (Å²) >= 11 is 0. The topological polar surface area (TPSA) is 153 Å². The van der Waals surface area contributed by atoms with Gasteiger partial charge in [0.15, 0.2) is 23.0 Å². The fourth-order valence-corrected chi connectivity index (χ4v) is 4.67. The number of aromatic nitrogens is 6. The lowest BCUT2D eigenvalue weighted by Crippen LogP contribution is -2.14. The highest BCUT2D eigenvalue weighted by atomic mass is 19.4. The molecule has 0 saturated heterocycles. The molecule has 0 fully saturated rings. The van der Waals surface area contributed by atoms with Gasteiger partial charge >= 0.3 is 12.4 Å². The molecule has 4 aromatic heterocycles. The summed E-state index contributed by atoms with van der Waals surface area (Å²) in [4.78, 5) is 23.9. The third kappa shape index (κ3) is 5.16. The molecule has 222 valence electrons. The van der Waals surface area contributed by atoms with Crippen molar-refractivity contribution in [3.8, 4) is 33.6 Å². The van der Waals surface area contributed by atoms with Crippen LogP contribution in [0.3, 0.4) is 0 Å². The van der Waals surface area contributed by atoms with Crippen LogP contribution in [0.4, 0.5) is 38.0 Å². The third-order valence-electron chi connectivity index (χ3n) is 6.58. The van der Waals surface area contributed by atoms with E-state index in [1.54, 1.807) is 12.1 Å². The van der Waals surface area contributed by atoms with E-state index in [1.807, 2.05) is 0 Å². The van der Waals surface area contributed by atoms with Crippen LogP contribution in [0.1, 0.15) is 11.4 Å². The number of nitrogen functional groups attached to an aromatic ring is 2. The first-order chi connectivity index (χ1) is 21.0. The summed E-state index contributed by atoms with van der Waals surface area (Å²) in [5.74, 6) is 10.8. The standard InChI is InChI=1S/C28H18F6N10/c29-27(30,31)23-20(41-21-18(40-23)8-10-37-25(21)43-35)16-6-2-4-14(12-16)13-3-1-5-15(11-13)19-24(28(32,33)34)42-22-17(39-19)7-9-38-26(22)44-36/h1-12H,35-36H2,(H,37,43)(H,38,44). The molecular weight excluding hydrogens is 590 g/mol. The number of alkyl halides is 6. The van der Waals surface area contributed by atoms with Gasteiger partial charge in [0.25, 0.3) is 0 Å². The Bertz CT molecular complexity index is 2050. The molecule has 0 aliphatic carbocycles. The first-order valence-electron chi connectivity index (χ1n) is 12.6. The van der Waals surface area contributed by atoms with Gasteiger partial charge in [-0.05, 0) is 35.4 Å². The van der Waals surface area contributed by atoms with Crippen molar-refractivity contribution in [2.45, 2.75) is 12.4 Å². The predicted molar refractivity (Wildman–Crippen MR) is 150 cm³/mol. The number of nitrogens with two attached hydrogens (primary N) is 2. The van der Waals surface area contributed by atoms with E-state index in [2.05, 4.69) is 40.8 Å². The minimum Gasteiger partial charge on any atom is -0.307 e. The van der Waals surface area contributed by atoms with Crippen LogP contribution in [0, 0.1) is 0 Å².